The Labute approximate surface area is 167 Å². The molecule has 0 aliphatic carbocycles. The molecule has 0 saturated heterocycles. The molecule has 2 N–H and O–H groups in total. The maximum Gasteiger partial charge on any atom is 0.329 e. The van der Waals surface area contributed by atoms with E-state index in [-0.39, 0.29) is 0 Å². The molecule has 7 heteroatoms. The molecular formula is C21H19ClN4O2. The number of rotatable bonds is 4. The van der Waals surface area contributed by atoms with E-state index in [1.54, 1.807) is 24.3 Å². The smallest absolute Gasteiger partial charge is 0.318 e. The van der Waals surface area contributed by atoms with Crippen LogP contribution in [0.5, 0.6) is 0 Å². The quantitative estimate of drug-likeness (QED) is 0.401. The first-order valence-corrected chi connectivity index (χ1v) is 8.98. The fourth-order valence-corrected chi connectivity index (χ4v) is 2.95. The Morgan fingerprint density at radius 3 is 2.36 bits per heavy atom. The zero-order valence-electron chi connectivity index (χ0n) is 15.4. The van der Waals surface area contributed by atoms with E-state index in [1.165, 1.54) is 6.21 Å². The number of hydrazone groups is 1. The Kier molecular flexibility index (Phi) is 5.91. The van der Waals surface area contributed by atoms with Gasteiger partial charge in [-0.05, 0) is 56.3 Å². The first-order valence-electron chi connectivity index (χ1n) is 8.60. The molecule has 2 amide bonds. The van der Waals surface area contributed by atoms with Crippen LogP contribution in [0.25, 0.3) is 5.69 Å². The van der Waals surface area contributed by atoms with E-state index in [0.717, 1.165) is 22.6 Å². The van der Waals surface area contributed by atoms with Gasteiger partial charge in [0.2, 0.25) is 0 Å². The van der Waals surface area contributed by atoms with Gasteiger partial charge in [-0.25, -0.2) is 5.43 Å². The molecule has 0 atom stereocenters. The minimum absolute atomic E-state index is 0.472. The van der Waals surface area contributed by atoms with Crippen LogP contribution >= 0.6 is 11.6 Å². The molecule has 28 heavy (non-hydrogen) atoms. The largest absolute Gasteiger partial charge is 0.329 e. The second kappa shape index (κ2) is 8.54. The van der Waals surface area contributed by atoms with Gasteiger partial charge >= 0.3 is 11.8 Å². The van der Waals surface area contributed by atoms with Crippen molar-refractivity contribution in [3.63, 3.8) is 0 Å². The molecule has 0 aliphatic rings. The van der Waals surface area contributed by atoms with Gasteiger partial charge in [-0.3, -0.25) is 9.59 Å². The molecule has 3 rings (SSSR count). The van der Waals surface area contributed by atoms with Gasteiger partial charge in [-0.2, -0.15) is 5.10 Å². The number of benzene rings is 2. The molecule has 0 spiro atoms. The van der Waals surface area contributed by atoms with Crippen LogP contribution in [0.1, 0.15) is 17.0 Å². The van der Waals surface area contributed by atoms with Gasteiger partial charge in [-0.1, -0.05) is 29.8 Å². The summed E-state index contributed by atoms with van der Waals surface area (Å²) in [5, 5.41) is 6.93. The molecule has 1 aromatic heterocycles. The minimum Gasteiger partial charge on any atom is -0.318 e. The summed E-state index contributed by atoms with van der Waals surface area (Å²) in [6.07, 6.45) is 1.52. The highest BCUT2D eigenvalue weighted by atomic mass is 35.5. The van der Waals surface area contributed by atoms with E-state index >= 15 is 0 Å². The van der Waals surface area contributed by atoms with E-state index in [0.29, 0.717) is 10.7 Å². The third kappa shape index (κ3) is 4.47. The summed E-state index contributed by atoms with van der Waals surface area (Å²) in [7, 11) is 0. The SMILES string of the molecule is Cc1cc(/C=N\NC(=O)C(=O)Nc2ccc(Cl)cc2)c(C)n1-c1ccccc1. The summed E-state index contributed by atoms with van der Waals surface area (Å²) in [4.78, 5) is 23.8. The molecule has 0 bridgehead atoms. The number of halogens is 1. The van der Waals surface area contributed by atoms with Gasteiger partial charge in [0.25, 0.3) is 0 Å². The lowest BCUT2D eigenvalue weighted by atomic mass is 10.2. The Bertz CT molecular complexity index is 1020. The Morgan fingerprint density at radius 1 is 1.00 bits per heavy atom. The number of amides is 2. The zero-order valence-corrected chi connectivity index (χ0v) is 16.2. The van der Waals surface area contributed by atoms with Gasteiger partial charge < -0.3 is 9.88 Å². The number of carbonyl (C=O) groups excluding carboxylic acids is 2. The molecule has 0 unspecified atom stereocenters. The molecule has 6 nitrogen and oxygen atoms in total. The van der Waals surface area contributed by atoms with Gasteiger partial charge in [0, 0.05) is 33.3 Å². The van der Waals surface area contributed by atoms with Crippen LogP contribution in [0.15, 0.2) is 65.8 Å². The average molecular weight is 395 g/mol. The lowest BCUT2D eigenvalue weighted by Gasteiger charge is -2.08. The standard InChI is InChI=1S/C21H19ClN4O2/c1-14-12-16(15(2)26(14)19-6-4-3-5-7-19)13-23-25-21(28)20(27)24-18-10-8-17(22)9-11-18/h3-13H,1-2H3,(H,24,27)(H,25,28)/b23-13-. The number of aromatic nitrogens is 1. The summed E-state index contributed by atoms with van der Waals surface area (Å²) < 4.78 is 2.09. The van der Waals surface area contributed by atoms with Gasteiger partial charge in [0.15, 0.2) is 0 Å². The van der Waals surface area contributed by atoms with Crippen molar-refractivity contribution in [1.82, 2.24) is 9.99 Å². The molecule has 142 valence electrons. The van der Waals surface area contributed by atoms with Gasteiger partial charge in [0.05, 0.1) is 6.21 Å². The van der Waals surface area contributed by atoms with Gasteiger partial charge in [-0.15, -0.1) is 0 Å². The molecule has 3 aromatic rings. The van der Waals surface area contributed by atoms with Crippen molar-refractivity contribution in [2.75, 3.05) is 5.32 Å². The predicted octanol–water partition coefficient (Wildman–Crippen LogP) is 3.84. The van der Waals surface area contributed by atoms with Crippen molar-refractivity contribution in [2.24, 2.45) is 5.10 Å². The van der Waals surface area contributed by atoms with Crippen LogP contribution in [-0.4, -0.2) is 22.6 Å². The first-order chi connectivity index (χ1) is 13.5. The predicted molar refractivity (Wildman–Crippen MR) is 111 cm³/mol. The highest BCUT2D eigenvalue weighted by molar-refractivity contribution is 6.39. The van der Waals surface area contributed by atoms with Crippen molar-refractivity contribution >= 4 is 35.3 Å². The molecule has 1 heterocycles. The number of para-hydroxylation sites is 1. The van der Waals surface area contributed by atoms with Gasteiger partial charge in [0.1, 0.15) is 0 Å². The normalized spacial score (nSPS) is 10.8. The highest BCUT2D eigenvalue weighted by Gasteiger charge is 2.13. The van der Waals surface area contributed by atoms with E-state index in [4.69, 9.17) is 11.6 Å². The maximum atomic E-state index is 11.9. The highest BCUT2D eigenvalue weighted by Crippen LogP contribution is 2.19. The summed E-state index contributed by atoms with van der Waals surface area (Å²) in [5.74, 6) is -1.67. The van der Waals surface area contributed by atoms with Crippen LogP contribution in [0, 0.1) is 13.8 Å². The van der Waals surface area contributed by atoms with Crippen LogP contribution < -0.4 is 10.7 Å². The summed E-state index contributed by atoms with van der Waals surface area (Å²) >= 11 is 5.79. The molecule has 0 fully saturated rings. The van der Waals surface area contributed by atoms with E-state index in [1.807, 2.05) is 50.2 Å². The molecule has 0 saturated carbocycles. The van der Waals surface area contributed by atoms with Crippen molar-refractivity contribution in [3.8, 4) is 5.69 Å². The van der Waals surface area contributed by atoms with Crippen LogP contribution in [0.3, 0.4) is 0 Å². The third-order valence-corrected chi connectivity index (χ3v) is 4.41. The maximum absolute atomic E-state index is 11.9. The summed E-state index contributed by atoms with van der Waals surface area (Å²) in [6, 6.07) is 18.4. The fourth-order valence-electron chi connectivity index (χ4n) is 2.83. The van der Waals surface area contributed by atoms with Crippen LogP contribution in [0.4, 0.5) is 5.69 Å². The lowest BCUT2D eigenvalue weighted by molar-refractivity contribution is -0.136. The van der Waals surface area contributed by atoms with E-state index in [2.05, 4.69) is 20.4 Å². The second-order valence-electron chi connectivity index (χ2n) is 6.16. The number of aryl methyl sites for hydroxylation is 1. The topological polar surface area (TPSA) is 75.5 Å². The van der Waals surface area contributed by atoms with Crippen LogP contribution in [0.2, 0.25) is 5.02 Å². The zero-order chi connectivity index (χ0) is 20.1. The minimum atomic E-state index is -0.858. The van der Waals surface area contributed by atoms with Crippen molar-refractivity contribution in [2.45, 2.75) is 13.8 Å². The van der Waals surface area contributed by atoms with Crippen molar-refractivity contribution in [1.29, 1.82) is 0 Å². The number of anilines is 1. The van der Waals surface area contributed by atoms with E-state index < -0.39 is 11.8 Å². The summed E-state index contributed by atoms with van der Waals surface area (Å²) in [5.41, 5.74) is 6.62. The second-order valence-corrected chi connectivity index (χ2v) is 6.59. The monoisotopic (exact) mass is 394 g/mol. The Morgan fingerprint density at radius 2 is 1.68 bits per heavy atom. The average Bonchev–Trinajstić information content (AvgIpc) is 2.97. The lowest BCUT2D eigenvalue weighted by Crippen LogP contribution is -2.32. The van der Waals surface area contributed by atoms with Crippen LogP contribution in [-0.2, 0) is 9.59 Å². The number of hydrogen-bond acceptors (Lipinski definition) is 3. The molecular weight excluding hydrogens is 376 g/mol. The third-order valence-electron chi connectivity index (χ3n) is 4.16. The molecule has 0 aliphatic heterocycles. The Balaban J connectivity index is 1.65. The van der Waals surface area contributed by atoms with Crippen molar-refractivity contribution < 1.29 is 9.59 Å². The fraction of sp³-hybridized carbons (Fsp3) is 0.0952. The summed E-state index contributed by atoms with van der Waals surface area (Å²) in [6.45, 7) is 3.96. The number of hydrogen-bond donors (Lipinski definition) is 2. The Hall–Kier alpha value is -3.38. The first kappa shape index (κ1) is 19.4. The number of carbonyl (C=O) groups is 2. The number of nitrogens with zero attached hydrogens (tertiary/aromatic N) is 2. The molecule has 2 aromatic carbocycles. The van der Waals surface area contributed by atoms with E-state index in [9.17, 15) is 9.59 Å². The number of nitrogens with one attached hydrogen (secondary N) is 2. The van der Waals surface area contributed by atoms with Crippen molar-refractivity contribution in [3.05, 3.63) is 82.6 Å². The molecule has 0 radical (unpaired) electrons.